The first-order valence-electron chi connectivity index (χ1n) is 18.9. The van der Waals surface area contributed by atoms with Gasteiger partial charge in [-0.25, -0.2) is 0 Å². The molecule has 3 nitrogen and oxygen atoms in total. The summed E-state index contributed by atoms with van der Waals surface area (Å²) < 4.78 is 25.0. The van der Waals surface area contributed by atoms with Crippen molar-refractivity contribution in [3.63, 3.8) is 0 Å². The summed E-state index contributed by atoms with van der Waals surface area (Å²) in [5, 5.41) is 6.60. The third-order valence-electron chi connectivity index (χ3n) is 10.8. The maximum atomic E-state index is 8.32. The van der Waals surface area contributed by atoms with Crippen molar-refractivity contribution in [3.8, 4) is 0 Å². The molecule has 0 radical (unpaired) electrons. The zero-order valence-electron chi connectivity index (χ0n) is 30.8. The smallest absolute Gasteiger partial charge is 0.405 e. The van der Waals surface area contributed by atoms with Crippen LogP contribution >= 0.6 is 0 Å². The van der Waals surface area contributed by atoms with Gasteiger partial charge in [0.25, 0.3) is 25.0 Å². The first kappa shape index (κ1) is 37.6. The van der Waals surface area contributed by atoms with Crippen LogP contribution in [0.25, 0.3) is 0 Å². The van der Waals surface area contributed by atoms with E-state index in [9.17, 15) is 0 Å². The highest BCUT2D eigenvalue weighted by Crippen LogP contribution is 2.44. The zero-order chi connectivity index (χ0) is 37.3. The van der Waals surface area contributed by atoms with Crippen LogP contribution in [0.2, 0.25) is 5.54 Å². The minimum Gasteiger partial charge on any atom is -0.405 e. The molecule has 1 fully saturated rings. The highest BCUT2D eigenvalue weighted by Gasteiger charge is 2.63. The van der Waals surface area contributed by atoms with E-state index in [2.05, 4.69) is 219 Å². The number of hydrogen-bond donors (Lipinski definition) is 0. The highest BCUT2D eigenvalue weighted by molar-refractivity contribution is 7.11. The lowest BCUT2D eigenvalue weighted by atomic mass is 10.4. The van der Waals surface area contributed by atoms with Gasteiger partial charge in [0.15, 0.2) is 0 Å². The van der Waals surface area contributed by atoms with Crippen molar-refractivity contribution in [1.82, 2.24) is 0 Å². The predicted octanol–water partition coefficient (Wildman–Crippen LogP) is 7.37. The molecule has 6 aromatic carbocycles. The van der Waals surface area contributed by atoms with E-state index in [1.807, 2.05) is 0 Å². The minimum absolute atomic E-state index is 0.0234. The Bertz CT molecular complexity index is 1760. The fraction of sp³-hybridized carbons (Fsp3) is 0.106. The lowest BCUT2D eigenvalue weighted by Gasteiger charge is -2.50. The molecule has 270 valence electrons. The summed E-state index contributed by atoms with van der Waals surface area (Å²) in [4.78, 5) is 0. The van der Waals surface area contributed by atoms with Crippen LogP contribution in [0.5, 0.6) is 0 Å². The third-order valence-corrected chi connectivity index (χ3v) is 28.6. The monoisotopic (exact) mass is 772 g/mol. The number of rotatable bonds is 16. The molecule has 1 aliphatic rings. The SMILES string of the molecule is C=C[Si](O[Si](O[Si](C=C)(c1ccccc1)c1ccccc1)(O[Si](C=C)(c1ccccc1)c1ccccc1)C1CCCC1)(c1ccccc1)c1ccccc1. The Morgan fingerprint density at radius 1 is 0.352 bits per heavy atom. The molecule has 6 aromatic rings. The molecule has 0 bridgehead atoms. The van der Waals surface area contributed by atoms with Gasteiger partial charge in [-0.3, -0.25) is 0 Å². The van der Waals surface area contributed by atoms with Gasteiger partial charge in [0.2, 0.25) is 0 Å². The lowest BCUT2D eigenvalue weighted by molar-refractivity contribution is 0.245. The number of hydrogen-bond acceptors (Lipinski definition) is 3. The van der Waals surface area contributed by atoms with Crippen LogP contribution in [0, 0.1) is 0 Å². The summed E-state index contributed by atoms with van der Waals surface area (Å²) in [5.41, 5.74) is 6.29. The Hall–Kier alpha value is -4.71. The maximum absolute atomic E-state index is 8.32. The van der Waals surface area contributed by atoms with E-state index in [0.29, 0.717) is 0 Å². The van der Waals surface area contributed by atoms with Crippen LogP contribution in [0.4, 0.5) is 0 Å². The fourth-order valence-corrected chi connectivity index (χ4v) is 28.6. The third kappa shape index (κ3) is 7.12. The molecule has 0 unspecified atom stereocenters. The summed E-state index contributed by atoms with van der Waals surface area (Å²) >= 11 is 0. The standard InChI is InChI=1S/C47H48O3Si4/c1-4-51(41-27-13-7-14-28-41,42-29-15-8-16-30-42)48-54(47-39-25-26-40-47,49-52(5-2,43-31-17-9-18-32-43)44-33-19-10-20-34-44)50-53(6-3,45-35-21-11-22-36-45)46-37-23-12-24-38-46/h4-24,27-38,47H,1-3,25-26,39-40H2. The largest absolute Gasteiger partial charge is 0.474 e. The average Bonchev–Trinajstić information content (AvgIpc) is 3.82. The molecule has 0 saturated heterocycles. The van der Waals surface area contributed by atoms with Crippen molar-refractivity contribution in [2.45, 2.75) is 31.2 Å². The molecule has 0 aliphatic heterocycles. The van der Waals surface area contributed by atoms with Gasteiger partial charge >= 0.3 is 8.80 Å². The van der Waals surface area contributed by atoms with Gasteiger partial charge in [-0.2, -0.15) is 0 Å². The predicted molar refractivity (Wildman–Crippen MR) is 236 cm³/mol. The first-order valence-corrected chi connectivity index (χ1v) is 26.6. The van der Waals surface area contributed by atoms with Crippen molar-refractivity contribution in [2.24, 2.45) is 0 Å². The molecule has 0 aromatic heterocycles. The maximum Gasteiger partial charge on any atom is 0.474 e. The molecule has 0 N–H and O–H groups in total. The van der Waals surface area contributed by atoms with Crippen LogP contribution in [0.15, 0.2) is 219 Å². The second kappa shape index (κ2) is 16.8. The van der Waals surface area contributed by atoms with Gasteiger partial charge in [-0.1, -0.05) is 212 Å². The first-order chi connectivity index (χ1) is 26.5. The van der Waals surface area contributed by atoms with E-state index in [-0.39, 0.29) is 5.54 Å². The average molecular weight is 773 g/mol. The van der Waals surface area contributed by atoms with Gasteiger partial charge in [-0.15, -0.1) is 19.7 Å². The molecule has 7 rings (SSSR count). The van der Waals surface area contributed by atoms with E-state index < -0.39 is 33.8 Å². The van der Waals surface area contributed by atoms with Gasteiger partial charge in [-0.05, 0) is 44.0 Å². The van der Waals surface area contributed by atoms with E-state index in [1.54, 1.807) is 0 Å². The minimum atomic E-state index is -3.96. The molecular weight excluding hydrogens is 725 g/mol. The molecule has 1 saturated carbocycles. The molecule has 0 amide bonds. The Balaban J connectivity index is 1.59. The van der Waals surface area contributed by atoms with Crippen molar-refractivity contribution in [2.75, 3.05) is 0 Å². The topological polar surface area (TPSA) is 27.7 Å². The van der Waals surface area contributed by atoms with Crippen molar-refractivity contribution >= 4 is 64.9 Å². The van der Waals surface area contributed by atoms with Crippen molar-refractivity contribution < 1.29 is 12.3 Å². The summed E-state index contributed by atoms with van der Waals surface area (Å²) in [5.74, 6) is 0. The van der Waals surface area contributed by atoms with E-state index in [0.717, 1.165) is 56.8 Å². The Morgan fingerprint density at radius 2 is 0.556 bits per heavy atom. The molecule has 54 heavy (non-hydrogen) atoms. The molecule has 0 heterocycles. The van der Waals surface area contributed by atoms with Crippen LogP contribution in [0.3, 0.4) is 0 Å². The zero-order valence-corrected chi connectivity index (χ0v) is 34.8. The van der Waals surface area contributed by atoms with Crippen LogP contribution in [0.1, 0.15) is 25.7 Å². The Kier molecular flexibility index (Phi) is 11.7. The summed E-state index contributed by atoms with van der Waals surface area (Å²) in [6.45, 7) is 13.8. The summed E-state index contributed by atoms with van der Waals surface area (Å²) in [6, 6.07) is 63.8. The van der Waals surface area contributed by atoms with E-state index in [4.69, 9.17) is 12.3 Å². The molecule has 0 atom stereocenters. The summed E-state index contributed by atoms with van der Waals surface area (Å²) in [7, 11) is -13.9. The van der Waals surface area contributed by atoms with E-state index >= 15 is 0 Å². The summed E-state index contributed by atoms with van der Waals surface area (Å²) in [6.07, 6.45) is 4.03. The molecular formula is C47H48O3Si4. The second-order valence-electron chi connectivity index (χ2n) is 13.9. The molecule has 1 aliphatic carbocycles. The molecule has 7 heteroatoms. The van der Waals surface area contributed by atoms with Gasteiger partial charge in [0.1, 0.15) is 0 Å². The molecule has 0 spiro atoms. The van der Waals surface area contributed by atoms with Gasteiger partial charge < -0.3 is 12.3 Å². The van der Waals surface area contributed by atoms with Crippen molar-refractivity contribution in [1.29, 1.82) is 0 Å². The number of benzene rings is 6. The fourth-order valence-electron chi connectivity index (χ4n) is 8.07. The van der Waals surface area contributed by atoms with Crippen LogP contribution < -0.4 is 31.1 Å². The second-order valence-corrected chi connectivity index (χ2v) is 27.5. The van der Waals surface area contributed by atoms with Crippen LogP contribution in [-0.4, -0.2) is 33.8 Å². The van der Waals surface area contributed by atoms with E-state index in [1.165, 1.54) is 0 Å². The van der Waals surface area contributed by atoms with Gasteiger partial charge in [0.05, 0.1) is 0 Å². The van der Waals surface area contributed by atoms with Gasteiger partial charge in [0, 0.05) is 5.54 Å². The van der Waals surface area contributed by atoms with Crippen LogP contribution in [-0.2, 0) is 12.3 Å². The normalized spacial score (nSPS) is 14.0. The quantitative estimate of drug-likeness (QED) is 0.0963. The van der Waals surface area contributed by atoms with Crippen molar-refractivity contribution in [3.05, 3.63) is 219 Å². The highest BCUT2D eigenvalue weighted by atomic mass is 28.5. The Morgan fingerprint density at radius 3 is 0.741 bits per heavy atom. The Labute approximate surface area is 325 Å². The lowest BCUT2D eigenvalue weighted by Crippen LogP contribution is -2.77.